The highest BCUT2D eigenvalue weighted by Crippen LogP contribution is 2.16. The van der Waals surface area contributed by atoms with Gasteiger partial charge in [-0.25, -0.2) is 0 Å². The molecule has 2 N–H and O–H groups in total. The normalized spacial score (nSPS) is 20.2. The fourth-order valence-corrected chi connectivity index (χ4v) is 1.83. The number of para-hydroxylation sites is 1. The first-order chi connectivity index (χ1) is 7.27. The molecule has 1 aromatic rings. The highest BCUT2D eigenvalue weighted by molar-refractivity contribution is 5.93. The van der Waals surface area contributed by atoms with Gasteiger partial charge in [-0.15, -0.1) is 0 Å². The van der Waals surface area contributed by atoms with Crippen LogP contribution in [0.4, 0.5) is 5.69 Å². The molecule has 1 aromatic carbocycles. The molecule has 0 unspecified atom stereocenters. The first-order valence-corrected chi connectivity index (χ1v) is 5.34. The van der Waals surface area contributed by atoms with Crippen LogP contribution in [0.2, 0.25) is 0 Å². The standard InChI is InChI=1S/C12H16N2O/c1-9-4-2-3-5-11(9)14-12(15)10-6-7-13-8-10/h2-5,10,13H,6-8H2,1H3,(H,14,15)/t10-/m1/s1. The van der Waals surface area contributed by atoms with E-state index in [9.17, 15) is 4.79 Å². The second-order valence-corrected chi connectivity index (χ2v) is 3.99. The Morgan fingerprint density at radius 3 is 2.93 bits per heavy atom. The molecular formula is C12H16N2O. The Morgan fingerprint density at radius 1 is 1.47 bits per heavy atom. The third-order valence-electron chi connectivity index (χ3n) is 2.83. The molecule has 1 aliphatic rings. The van der Waals surface area contributed by atoms with E-state index in [0.717, 1.165) is 30.8 Å². The minimum Gasteiger partial charge on any atom is -0.326 e. The van der Waals surface area contributed by atoms with Crippen molar-refractivity contribution in [2.45, 2.75) is 13.3 Å². The molecule has 1 heterocycles. The van der Waals surface area contributed by atoms with Crippen molar-refractivity contribution in [2.24, 2.45) is 5.92 Å². The van der Waals surface area contributed by atoms with Crippen LogP contribution < -0.4 is 10.6 Å². The van der Waals surface area contributed by atoms with E-state index >= 15 is 0 Å². The van der Waals surface area contributed by atoms with Gasteiger partial charge in [0, 0.05) is 12.2 Å². The van der Waals surface area contributed by atoms with Crippen molar-refractivity contribution in [3.05, 3.63) is 29.8 Å². The van der Waals surface area contributed by atoms with Crippen LogP contribution in [0.25, 0.3) is 0 Å². The first-order valence-electron chi connectivity index (χ1n) is 5.34. The van der Waals surface area contributed by atoms with E-state index in [0.29, 0.717) is 0 Å². The molecule has 0 bridgehead atoms. The van der Waals surface area contributed by atoms with Crippen molar-refractivity contribution in [2.75, 3.05) is 18.4 Å². The van der Waals surface area contributed by atoms with Crippen LogP contribution in [0, 0.1) is 12.8 Å². The Bertz CT molecular complexity index is 356. The number of carbonyl (C=O) groups is 1. The fraction of sp³-hybridized carbons (Fsp3) is 0.417. The number of nitrogens with one attached hydrogen (secondary N) is 2. The zero-order valence-electron chi connectivity index (χ0n) is 8.92. The average molecular weight is 204 g/mol. The van der Waals surface area contributed by atoms with Crippen molar-refractivity contribution in [3.8, 4) is 0 Å². The molecule has 1 atom stereocenters. The number of anilines is 1. The number of carbonyl (C=O) groups excluding carboxylic acids is 1. The summed E-state index contributed by atoms with van der Waals surface area (Å²) in [6, 6.07) is 7.86. The van der Waals surface area contributed by atoms with Gasteiger partial charge in [0.2, 0.25) is 5.91 Å². The summed E-state index contributed by atoms with van der Waals surface area (Å²) in [6.45, 7) is 3.76. The van der Waals surface area contributed by atoms with Gasteiger partial charge in [-0.2, -0.15) is 0 Å². The first kappa shape index (κ1) is 10.2. The fourth-order valence-electron chi connectivity index (χ4n) is 1.83. The SMILES string of the molecule is Cc1ccccc1NC(=O)[C@@H]1CCNC1. The summed E-state index contributed by atoms with van der Waals surface area (Å²) in [7, 11) is 0. The van der Waals surface area contributed by atoms with Crippen molar-refractivity contribution < 1.29 is 4.79 Å². The van der Waals surface area contributed by atoms with Gasteiger partial charge in [0.25, 0.3) is 0 Å². The van der Waals surface area contributed by atoms with Crippen LogP contribution in [-0.4, -0.2) is 19.0 Å². The monoisotopic (exact) mass is 204 g/mol. The molecule has 0 radical (unpaired) electrons. The number of rotatable bonds is 2. The van der Waals surface area contributed by atoms with E-state index < -0.39 is 0 Å². The molecule has 2 rings (SSSR count). The molecule has 0 aliphatic carbocycles. The van der Waals surface area contributed by atoms with Gasteiger partial charge in [-0.3, -0.25) is 4.79 Å². The highest BCUT2D eigenvalue weighted by atomic mass is 16.1. The topological polar surface area (TPSA) is 41.1 Å². The predicted octanol–water partition coefficient (Wildman–Crippen LogP) is 1.54. The Balaban J connectivity index is 2.02. The molecule has 0 spiro atoms. The van der Waals surface area contributed by atoms with Crippen LogP contribution in [-0.2, 0) is 4.79 Å². The van der Waals surface area contributed by atoms with Crippen molar-refractivity contribution in [1.82, 2.24) is 5.32 Å². The predicted molar refractivity (Wildman–Crippen MR) is 60.8 cm³/mol. The van der Waals surface area contributed by atoms with E-state index in [-0.39, 0.29) is 11.8 Å². The summed E-state index contributed by atoms with van der Waals surface area (Å²) in [5.74, 6) is 0.263. The Labute approximate surface area is 89.9 Å². The lowest BCUT2D eigenvalue weighted by atomic mass is 10.1. The molecule has 0 aromatic heterocycles. The van der Waals surface area contributed by atoms with Crippen LogP contribution in [0.15, 0.2) is 24.3 Å². The summed E-state index contributed by atoms with van der Waals surface area (Å²) in [5, 5.41) is 6.17. The minimum absolute atomic E-state index is 0.129. The van der Waals surface area contributed by atoms with E-state index in [1.807, 2.05) is 31.2 Å². The maximum absolute atomic E-state index is 11.8. The van der Waals surface area contributed by atoms with E-state index in [1.54, 1.807) is 0 Å². The number of amides is 1. The van der Waals surface area contributed by atoms with Gasteiger partial charge in [-0.1, -0.05) is 18.2 Å². The third-order valence-corrected chi connectivity index (χ3v) is 2.83. The maximum Gasteiger partial charge on any atom is 0.228 e. The quantitative estimate of drug-likeness (QED) is 0.767. The average Bonchev–Trinajstić information content (AvgIpc) is 2.74. The van der Waals surface area contributed by atoms with Gasteiger partial charge < -0.3 is 10.6 Å². The molecule has 80 valence electrons. The summed E-state index contributed by atoms with van der Waals surface area (Å²) in [5.41, 5.74) is 2.03. The number of hydrogen-bond donors (Lipinski definition) is 2. The number of aryl methyl sites for hydroxylation is 1. The zero-order chi connectivity index (χ0) is 10.7. The van der Waals surface area contributed by atoms with Crippen molar-refractivity contribution in [3.63, 3.8) is 0 Å². The molecule has 3 nitrogen and oxygen atoms in total. The molecular weight excluding hydrogens is 188 g/mol. The largest absolute Gasteiger partial charge is 0.326 e. The summed E-state index contributed by atoms with van der Waals surface area (Å²) in [4.78, 5) is 11.8. The summed E-state index contributed by atoms with van der Waals surface area (Å²) in [6.07, 6.45) is 0.942. The molecule has 1 amide bonds. The van der Waals surface area contributed by atoms with Gasteiger partial charge in [0.1, 0.15) is 0 Å². The smallest absolute Gasteiger partial charge is 0.228 e. The lowest BCUT2D eigenvalue weighted by Gasteiger charge is -2.11. The molecule has 1 fully saturated rings. The molecule has 1 saturated heterocycles. The maximum atomic E-state index is 11.8. The Kier molecular flexibility index (Phi) is 3.02. The van der Waals surface area contributed by atoms with Crippen LogP contribution >= 0.6 is 0 Å². The molecule has 1 aliphatic heterocycles. The van der Waals surface area contributed by atoms with E-state index in [2.05, 4.69) is 10.6 Å². The van der Waals surface area contributed by atoms with Crippen molar-refractivity contribution in [1.29, 1.82) is 0 Å². The lowest BCUT2D eigenvalue weighted by molar-refractivity contribution is -0.119. The Hall–Kier alpha value is -1.35. The minimum atomic E-state index is 0.129. The number of hydrogen-bond acceptors (Lipinski definition) is 2. The van der Waals surface area contributed by atoms with Crippen LogP contribution in [0.5, 0.6) is 0 Å². The van der Waals surface area contributed by atoms with Crippen molar-refractivity contribution >= 4 is 11.6 Å². The zero-order valence-corrected chi connectivity index (χ0v) is 8.92. The van der Waals surface area contributed by atoms with Gasteiger partial charge in [-0.05, 0) is 31.5 Å². The van der Waals surface area contributed by atoms with Crippen LogP contribution in [0.1, 0.15) is 12.0 Å². The van der Waals surface area contributed by atoms with E-state index in [4.69, 9.17) is 0 Å². The van der Waals surface area contributed by atoms with Gasteiger partial charge >= 0.3 is 0 Å². The summed E-state index contributed by atoms with van der Waals surface area (Å²) < 4.78 is 0. The molecule has 3 heteroatoms. The molecule has 15 heavy (non-hydrogen) atoms. The van der Waals surface area contributed by atoms with Crippen LogP contribution in [0.3, 0.4) is 0 Å². The number of benzene rings is 1. The summed E-state index contributed by atoms with van der Waals surface area (Å²) >= 11 is 0. The Morgan fingerprint density at radius 2 is 2.27 bits per heavy atom. The van der Waals surface area contributed by atoms with Gasteiger partial charge in [0.05, 0.1) is 5.92 Å². The highest BCUT2D eigenvalue weighted by Gasteiger charge is 2.22. The third kappa shape index (κ3) is 2.36. The second-order valence-electron chi connectivity index (χ2n) is 3.99. The van der Waals surface area contributed by atoms with Gasteiger partial charge in [0.15, 0.2) is 0 Å². The van der Waals surface area contributed by atoms with E-state index in [1.165, 1.54) is 0 Å². The lowest BCUT2D eigenvalue weighted by Crippen LogP contribution is -2.24. The second kappa shape index (κ2) is 4.45. The molecule has 0 saturated carbocycles.